The first-order chi connectivity index (χ1) is 14.6. The molecule has 152 valence electrons. The van der Waals surface area contributed by atoms with Gasteiger partial charge in [-0.05, 0) is 54.4 Å². The van der Waals surface area contributed by atoms with Crippen LogP contribution < -0.4 is 15.7 Å². The fraction of sp³-hybridized carbons (Fsp3) is 0.167. The van der Waals surface area contributed by atoms with Crippen molar-refractivity contribution >= 4 is 22.6 Å². The first-order valence-electron chi connectivity index (χ1n) is 9.79. The monoisotopic (exact) mass is 402 g/mol. The average Bonchev–Trinajstić information content (AvgIpc) is 3.29. The molecule has 4 aromatic rings. The van der Waals surface area contributed by atoms with Crippen molar-refractivity contribution in [2.24, 2.45) is 0 Å². The Bertz CT molecular complexity index is 1240. The third-order valence-electron chi connectivity index (χ3n) is 4.98. The van der Waals surface area contributed by atoms with Crippen molar-refractivity contribution in [1.82, 2.24) is 4.98 Å². The van der Waals surface area contributed by atoms with Crippen LogP contribution in [0.3, 0.4) is 0 Å². The number of aromatic nitrogens is 1. The van der Waals surface area contributed by atoms with E-state index < -0.39 is 11.5 Å². The lowest BCUT2D eigenvalue weighted by Gasteiger charge is -2.11. The number of hydrogen-bond acceptors (Lipinski definition) is 4. The summed E-state index contributed by atoms with van der Waals surface area (Å²) >= 11 is 0. The Kier molecular flexibility index (Phi) is 5.39. The molecule has 4 rings (SSSR count). The zero-order valence-corrected chi connectivity index (χ0v) is 16.8. The number of aryl methyl sites for hydroxylation is 1. The summed E-state index contributed by atoms with van der Waals surface area (Å²) in [5.41, 5.74) is 3.17. The summed E-state index contributed by atoms with van der Waals surface area (Å²) in [7, 11) is 1.58. The van der Waals surface area contributed by atoms with Gasteiger partial charge in [-0.25, -0.2) is 4.79 Å². The van der Waals surface area contributed by atoms with Crippen LogP contribution in [0.5, 0.6) is 5.75 Å². The third-order valence-corrected chi connectivity index (χ3v) is 4.98. The number of H-pyrrole nitrogens is 1. The zero-order chi connectivity index (χ0) is 21.1. The molecule has 0 atom stereocenters. The molecule has 2 heterocycles. The van der Waals surface area contributed by atoms with Crippen molar-refractivity contribution in [3.63, 3.8) is 0 Å². The Balaban J connectivity index is 1.63. The van der Waals surface area contributed by atoms with Gasteiger partial charge < -0.3 is 19.5 Å². The lowest BCUT2D eigenvalue weighted by atomic mass is 10.0. The van der Waals surface area contributed by atoms with Crippen LogP contribution in [0.1, 0.15) is 29.3 Å². The SMILES string of the molecule is CCCc1c(OC)ccc2cc(C(=O)Nc3ccc(-c4ccc[nH]4)cc3)c(=O)oc12. The van der Waals surface area contributed by atoms with Crippen LogP contribution in [0.25, 0.3) is 22.2 Å². The summed E-state index contributed by atoms with van der Waals surface area (Å²) < 4.78 is 10.9. The van der Waals surface area contributed by atoms with E-state index in [4.69, 9.17) is 9.15 Å². The molecule has 0 bridgehead atoms. The number of amides is 1. The molecule has 0 aliphatic carbocycles. The second-order valence-corrected chi connectivity index (χ2v) is 6.98. The number of nitrogens with one attached hydrogen (secondary N) is 2. The van der Waals surface area contributed by atoms with Crippen LogP contribution in [-0.4, -0.2) is 18.0 Å². The topological polar surface area (TPSA) is 84.3 Å². The molecule has 2 aromatic heterocycles. The van der Waals surface area contributed by atoms with Gasteiger partial charge in [0.1, 0.15) is 16.9 Å². The fourth-order valence-electron chi connectivity index (χ4n) is 3.50. The molecular formula is C24H22N2O4. The van der Waals surface area contributed by atoms with Gasteiger partial charge in [-0.1, -0.05) is 25.5 Å². The summed E-state index contributed by atoms with van der Waals surface area (Å²) in [4.78, 5) is 28.4. The normalized spacial score (nSPS) is 10.9. The predicted molar refractivity (Wildman–Crippen MR) is 117 cm³/mol. The van der Waals surface area contributed by atoms with Crippen LogP contribution in [0.15, 0.2) is 70.0 Å². The van der Waals surface area contributed by atoms with Gasteiger partial charge in [0.25, 0.3) is 5.91 Å². The maximum absolute atomic E-state index is 12.7. The summed E-state index contributed by atoms with van der Waals surface area (Å²) in [5.74, 6) is 0.165. The number of fused-ring (bicyclic) bond motifs is 1. The van der Waals surface area contributed by atoms with Crippen LogP contribution >= 0.6 is 0 Å². The van der Waals surface area contributed by atoms with Gasteiger partial charge in [-0.2, -0.15) is 0 Å². The quantitative estimate of drug-likeness (QED) is 0.445. The number of methoxy groups -OCH3 is 1. The Morgan fingerprint density at radius 1 is 1.13 bits per heavy atom. The van der Waals surface area contributed by atoms with Gasteiger partial charge in [-0.3, -0.25) is 4.79 Å². The first-order valence-corrected chi connectivity index (χ1v) is 9.79. The summed E-state index contributed by atoms with van der Waals surface area (Å²) in [6.07, 6.45) is 3.44. The summed E-state index contributed by atoms with van der Waals surface area (Å²) in [6, 6.07) is 16.5. The summed E-state index contributed by atoms with van der Waals surface area (Å²) in [6.45, 7) is 2.04. The van der Waals surface area contributed by atoms with Gasteiger partial charge in [0.2, 0.25) is 0 Å². The molecule has 0 radical (unpaired) electrons. The van der Waals surface area contributed by atoms with Crippen LogP contribution in [0, 0.1) is 0 Å². The Hall–Kier alpha value is -3.80. The number of carbonyl (C=O) groups excluding carboxylic acids is 1. The van der Waals surface area contributed by atoms with E-state index in [1.807, 2.05) is 43.5 Å². The molecule has 0 unspecified atom stereocenters. The highest BCUT2D eigenvalue weighted by atomic mass is 16.5. The number of hydrogen-bond donors (Lipinski definition) is 2. The molecule has 0 aliphatic rings. The molecule has 30 heavy (non-hydrogen) atoms. The lowest BCUT2D eigenvalue weighted by Crippen LogP contribution is -2.20. The molecule has 0 spiro atoms. The highest BCUT2D eigenvalue weighted by Gasteiger charge is 2.17. The van der Waals surface area contributed by atoms with Gasteiger partial charge in [0.05, 0.1) is 7.11 Å². The van der Waals surface area contributed by atoms with E-state index in [9.17, 15) is 9.59 Å². The smallest absolute Gasteiger partial charge is 0.349 e. The number of anilines is 1. The molecule has 0 saturated carbocycles. The maximum Gasteiger partial charge on any atom is 0.349 e. The number of aromatic amines is 1. The largest absolute Gasteiger partial charge is 0.496 e. The lowest BCUT2D eigenvalue weighted by molar-refractivity contribution is 0.102. The molecule has 2 aromatic carbocycles. The van der Waals surface area contributed by atoms with Gasteiger partial charge in [-0.15, -0.1) is 0 Å². The minimum absolute atomic E-state index is 0.0384. The average molecular weight is 402 g/mol. The van der Waals surface area contributed by atoms with E-state index >= 15 is 0 Å². The third kappa shape index (κ3) is 3.72. The number of rotatable bonds is 6. The highest BCUT2D eigenvalue weighted by Crippen LogP contribution is 2.29. The molecule has 0 aliphatic heterocycles. The van der Waals surface area contributed by atoms with E-state index in [0.29, 0.717) is 28.8 Å². The van der Waals surface area contributed by atoms with Crippen molar-refractivity contribution in [3.05, 3.63) is 82.3 Å². The first kappa shape index (κ1) is 19.5. The number of ether oxygens (including phenoxy) is 1. The maximum atomic E-state index is 12.7. The van der Waals surface area contributed by atoms with Gasteiger partial charge >= 0.3 is 5.63 Å². The minimum Gasteiger partial charge on any atom is -0.496 e. The Morgan fingerprint density at radius 3 is 2.60 bits per heavy atom. The van der Waals surface area contributed by atoms with E-state index in [0.717, 1.165) is 23.2 Å². The minimum atomic E-state index is -0.673. The van der Waals surface area contributed by atoms with E-state index in [1.54, 1.807) is 31.4 Å². The highest BCUT2D eigenvalue weighted by molar-refractivity contribution is 6.05. The zero-order valence-electron chi connectivity index (χ0n) is 16.8. The van der Waals surface area contributed by atoms with Crippen molar-refractivity contribution in [1.29, 1.82) is 0 Å². The molecule has 0 fully saturated rings. The van der Waals surface area contributed by atoms with Gasteiger partial charge in [0.15, 0.2) is 0 Å². The number of carbonyl (C=O) groups is 1. The second-order valence-electron chi connectivity index (χ2n) is 6.98. The van der Waals surface area contributed by atoms with Crippen molar-refractivity contribution in [2.45, 2.75) is 19.8 Å². The molecule has 6 heteroatoms. The molecule has 6 nitrogen and oxygen atoms in total. The Morgan fingerprint density at radius 2 is 1.93 bits per heavy atom. The summed E-state index contributed by atoms with van der Waals surface area (Å²) in [5, 5.41) is 3.45. The predicted octanol–water partition coefficient (Wildman–Crippen LogP) is 5.00. The van der Waals surface area contributed by atoms with Crippen LogP contribution in [0.2, 0.25) is 0 Å². The van der Waals surface area contributed by atoms with Crippen LogP contribution in [-0.2, 0) is 6.42 Å². The van der Waals surface area contributed by atoms with Crippen molar-refractivity contribution in [3.8, 4) is 17.0 Å². The van der Waals surface area contributed by atoms with Crippen molar-refractivity contribution in [2.75, 3.05) is 12.4 Å². The molecular weight excluding hydrogens is 380 g/mol. The fourth-order valence-corrected chi connectivity index (χ4v) is 3.50. The van der Waals surface area contributed by atoms with E-state index in [1.165, 1.54) is 0 Å². The standard InChI is InChI=1S/C24H22N2O4/c1-3-5-18-21(29-2)12-9-16-14-19(24(28)30-22(16)18)23(27)26-17-10-7-15(8-11-17)20-6-4-13-25-20/h4,6-14,25H,3,5H2,1-2H3,(H,26,27). The van der Waals surface area contributed by atoms with E-state index in [-0.39, 0.29) is 5.56 Å². The Labute approximate surface area is 173 Å². The second kappa shape index (κ2) is 8.29. The van der Waals surface area contributed by atoms with Crippen molar-refractivity contribution < 1.29 is 13.9 Å². The molecule has 2 N–H and O–H groups in total. The van der Waals surface area contributed by atoms with Gasteiger partial charge in [0, 0.05) is 28.5 Å². The number of benzene rings is 2. The molecule has 1 amide bonds. The van der Waals surface area contributed by atoms with E-state index in [2.05, 4.69) is 10.3 Å². The van der Waals surface area contributed by atoms with Crippen LogP contribution in [0.4, 0.5) is 5.69 Å². The molecule has 0 saturated heterocycles.